The van der Waals surface area contributed by atoms with Crippen LogP contribution in [0.3, 0.4) is 0 Å². The molecule has 4 nitrogen and oxygen atoms in total. The minimum Gasteiger partial charge on any atom is -0.444 e. The van der Waals surface area contributed by atoms with Crippen molar-refractivity contribution in [1.29, 1.82) is 0 Å². The molecule has 0 atom stereocenters. The lowest BCUT2D eigenvalue weighted by molar-refractivity contribution is -0.147. The Balaban J connectivity index is 2.24. The molecule has 23 heavy (non-hydrogen) atoms. The minimum absolute atomic E-state index is 0.466. The standard InChI is InChI=1S/C15H17F4NO3/c1-13(2,3)23-12(21)20-7-14(22,8-20)11-9(15(17,18)19)5-4-6-10(11)16/h4-6,22H,7-8H2,1-3H3. The van der Waals surface area contributed by atoms with Crippen LogP contribution in [0.4, 0.5) is 22.4 Å². The number of halogens is 4. The van der Waals surface area contributed by atoms with Gasteiger partial charge in [0.05, 0.1) is 18.7 Å². The van der Waals surface area contributed by atoms with Crippen LogP contribution in [0, 0.1) is 5.82 Å². The van der Waals surface area contributed by atoms with Crippen LogP contribution in [0.15, 0.2) is 18.2 Å². The Bertz CT molecular complexity index is 616. The lowest BCUT2D eigenvalue weighted by atomic mass is 9.83. The van der Waals surface area contributed by atoms with Crippen molar-refractivity contribution in [1.82, 2.24) is 4.90 Å². The highest BCUT2D eigenvalue weighted by molar-refractivity contribution is 5.70. The molecule has 0 aliphatic carbocycles. The SMILES string of the molecule is CC(C)(C)OC(=O)N1CC(O)(c2c(F)cccc2C(F)(F)F)C1. The molecule has 2 rings (SSSR count). The predicted molar refractivity (Wildman–Crippen MR) is 73.1 cm³/mol. The molecule has 1 heterocycles. The predicted octanol–water partition coefficient (Wildman–Crippen LogP) is 3.28. The molecule has 0 unspecified atom stereocenters. The van der Waals surface area contributed by atoms with Gasteiger partial charge in [0.25, 0.3) is 0 Å². The fourth-order valence-corrected chi connectivity index (χ4v) is 2.43. The van der Waals surface area contributed by atoms with E-state index in [4.69, 9.17) is 4.74 Å². The first-order valence-electron chi connectivity index (χ1n) is 6.90. The first kappa shape index (κ1) is 17.5. The Kier molecular flexibility index (Phi) is 4.09. The van der Waals surface area contributed by atoms with Crippen LogP contribution in [-0.2, 0) is 16.5 Å². The van der Waals surface area contributed by atoms with Gasteiger partial charge in [-0.2, -0.15) is 13.2 Å². The van der Waals surface area contributed by atoms with Gasteiger partial charge >= 0.3 is 12.3 Å². The lowest BCUT2D eigenvalue weighted by Gasteiger charge is -2.47. The first-order valence-corrected chi connectivity index (χ1v) is 6.90. The number of aliphatic hydroxyl groups is 1. The molecule has 0 aromatic heterocycles. The van der Waals surface area contributed by atoms with Gasteiger partial charge in [-0.05, 0) is 32.9 Å². The van der Waals surface area contributed by atoms with Crippen LogP contribution in [0.5, 0.6) is 0 Å². The number of alkyl halides is 3. The highest BCUT2D eigenvalue weighted by Crippen LogP contribution is 2.42. The van der Waals surface area contributed by atoms with Gasteiger partial charge in [-0.1, -0.05) is 6.07 Å². The molecule has 1 aromatic rings. The monoisotopic (exact) mass is 335 g/mol. The van der Waals surface area contributed by atoms with Crippen molar-refractivity contribution in [2.24, 2.45) is 0 Å². The van der Waals surface area contributed by atoms with Crippen LogP contribution >= 0.6 is 0 Å². The summed E-state index contributed by atoms with van der Waals surface area (Å²) >= 11 is 0. The number of carbonyl (C=O) groups excluding carboxylic acids is 1. The molecule has 1 aliphatic rings. The van der Waals surface area contributed by atoms with E-state index in [-0.39, 0.29) is 0 Å². The smallest absolute Gasteiger partial charge is 0.416 e. The molecule has 8 heteroatoms. The Hall–Kier alpha value is -1.83. The number of rotatable bonds is 1. The average molecular weight is 335 g/mol. The summed E-state index contributed by atoms with van der Waals surface area (Å²) in [6.45, 7) is 3.97. The molecule has 1 saturated heterocycles. The maximum atomic E-state index is 13.9. The molecule has 1 aliphatic heterocycles. The zero-order valence-electron chi connectivity index (χ0n) is 12.9. The van der Waals surface area contributed by atoms with Crippen LogP contribution in [0.2, 0.25) is 0 Å². The second-order valence-corrected chi connectivity index (χ2v) is 6.53. The van der Waals surface area contributed by atoms with E-state index < -0.39 is 53.5 Å². The number of hydrogen-bond acceptors (Lipinski definition) is 3. The lowest BCUT2D eigenvalue weighted by Crippen LogP contribution is -2.62. The second-order valence-electron chi connectivity index (χ2n) is 6.53. The van der Waals surface area contributed by atoms with Crippen molar-refractivity contribution < 1.29 is 32.2 Å². The molecule has 1 N–H and O–H groups in total. The number of hydrogen-bond donors (Lipinski definition) is 1. The summed E-state index contributed by atoms with van der Waals surface area (Å²) in [6.07, 6.45) is -5.58. The molecular weight excluding hydrogens is 318 g/mol. The molecule has 0 bridgehead atoms. The van der Waals surface area contributed by atoms with Crippen LogP contribution in [0.25, 0.3) is 0 Å². The van der Waals surface area contributed by atoms with E-state index in [0.29, 0.717) is 6.07 Å². The van der Waals surface area contributed by atoms with E-state index in [2.05, 4.69) is 0 Å². The molecule has 1 aromatic carbocycles. The maximum absolute atomic E-state index is 13.9. The molecule has 0 saturated carbocycles. The maximum Gasteiger partial charge on any atom is 0.416 e. The van der Waals surface area contributed by atoms with E-state index in [1.165, 1.54) is 0 Å². The normalized spacial score (nSPS) is 17.7. The summed E-state index contributed by atoms with van der Waals surface area (Å²) in [6, 6.07) is 2.47. The summed E-state index contributed by atoms with van der Waals surface area (Å²) in [4.78, 5) is 12.8. The molecule has 1 amide bonds. The minimum atomic E-state index is -4.81. The Morgan fingerprint density at radius 3 is 2.30 bits per heavy atom. The average Bonchev–Trinajstić information content (AvgIpc) is 2.31. The van der Waals surface area contributed by atoms with Crippen molar-refractivity contribution in [3.8, 4) is 0 Å². The molecule has 1 fully saturated rings. The van der Waals surface area contributed by atoms with Crippen molar-refractivity contribution in [2.45, 2.75) is 38.1 Å². The zero-order chi connectivity index (χ0) is 17.6. The zero-order valence-corrected chi connectivity index (χ0v) is 12.9. The van der Waals surface area contributed by atoms with Gasteiger partial charge in [-0.25, -0.2) is 9.18 Å². The molecule has 0 spiro atoms. The number of carbonyl (C=O) groups is 1. The molecular formula is C15H17F4NO3. The topological polar surface area (TPSA) is 49.8 Å². The number of amides is 1. The van der Waals surface area contributed by atoms with Gasteiger partial charge in [-0.3, -0.25) is 0 Å². The van der Waals surface area contributed by atoms with Crippen LogP contribution in [0.1, 0.15) is 31.9 Å². The van der Waals surface area contributed by atoms with Gasteiger partial charge in [0.1, 0.15) is 17.0 Å². The van der Waals surface area contributed by atoms with Gasteiger partial charge in [-0.15, -0.1) is 0 Å². The van der Waals surface area contributed by atoms with Crippen LogP contribution < -0.4 is 0 Å². The van der Waals surface area contributed by atoms with E-state index in [0.717, 1.165) is 17.0 Å². The Morgan fingerprint density at radius 2 is 1.83 bits per heavy atom. The summed E-state index contributed by atoms with van der Waals surface area (Å²) in [7, 11) is 0. The molecule has 0 radical (unpaired) electrons. The third-order valence-corrected chi connectivity index (χ3v) is 3.34. The Morgan fingerprint density at radius 1 is 1.26 bits per heavy atom. The molecule has 128 valence electrons. The highest BCUT2D eigenvalue weighted by Gasteiger charge is 2.51. The summed E-state index contributed by atoms with van der Waals surface area (Å²) in [5, 5.41) is 10.3. The van der Waals surface area contributed by atoms with Crippen molar-refractivity contribution in [3.05, 3.63) is 35.1 Å². The van der Waals surface area contributed by atoms with Crippen molar-refractivity contribution in [2.75, 3.05) is 13.1 Å². The van der Waals surface area contributed by atoms with Gasteiger partial charge in [0.15, 0.2) is 0 Å². The van der Waals surface area contributed by atoms with E-state index in [1.807, 2.05) is 0 Å². The van der Waals surface area contributed by atoms with E-state index in [9.17, 15) is 27.5 Å². The number of nitrogens with zero attached hydrogens (tertiary/aromatic N) is 1. The van der Waals surface area contributed by atoms with Gasteiger partial charge in [0.2, 0.25) is 0 Å². The largest absolute Gasteiger partial charge is 0.444 e. The number of β-amino-alcohol motifs (C(OH)–C–C–N with tert-alkyl or cyclic N) is 1. The highest BCUT2D eigenvalue weighted by atomic mass is 19.4. The van der Waals surface area contributed by atoms with E-state index in [1.54, 1.807) is 20.8 Å². The van der Waals surface area contributed by atoms with Gasteiger partial charge in [0, 0.05) is 5.56 Å². The fraction of sp³-hybridized carbons (Fsp3) is 0.533. The Labute approximate surface area is 130 Å². The first-order chi connectivity index (χ1) is 10.3. The van der Waals surface area contributed by atoms with Crippen molar-refractivity contribution >= 4 is 6.09 Å². The second kappa shape index (κ2) is 5.36. The number of likely N-dealkylation sites (tertiary alicyclic amines) is 1. The fourth-order valence-electron chi connectivity index (χ4n) is 2.43. The third kappa shape index (κ3) is 3.57. The summed E-state index contributed by atoms with van der Waals surface area (Å²) < 4.78 is 58.0. The number of benzene rings is 1. The van der Waals surface area contributed by atoms with E-state index >= 15 is 0 Å². The van der Waals surface area contributed by atoms with Crippen molar-refractivity contribution in [3.63, 3.8) is 0 Å². The van der Waals surface area contributed by atoms with Crippen LogP contribution in [-0.4, -0.2) is 34.8 Å². The third-order valence-electron chi connectivity index (χ3n) is 3.34. The number of ether oxygens (including phenoxy) is 1. The summed E-state index contributed by atoms with van der Waals surface area (Å²) in [5.41, 5.74) is -4.95. The summed E-state index contributed by atoms with van der Waals surface area (Å²) in [5.74, 6) is -1.16. The quantitative estimate of drug-likeness (QED) is 0.801. The van der Waals surface area contributed by atoms with Gasteiger partial charge < -0.3 is 14.7 Å².